The first-order chi connectivity index (χ1) is 12.2. The maximum Gasteiger partial charge on any atom is 0.272 e. The summed E-state index contributed by atoms with van der Waals surface area (Å²) in [5.74, 6) is 1.07. The fraction of sp³-hybridized carbons (Fsp3) is 0.412. The van der Waals surface area contributed by atoms with Crippen molar-refractivity contribution in [1.82, 2.24) is 30.3 Å². The SMILES string of the molecule is CCn1ncnc1[C@H](NC(=O)c1cc(-c2ccc(C)s2)[nH]n1)C1CC1. The molecule has 0 aliphatic heterocycles. The first-order valence-corrected chi connectivity index (χ1v) is 9.28. The zero-order chi connectivity index (χ0) is 17.4. The molecule has 4 rings (SSSR count). The number of carbonyl (C=O) groups excluding carboxylic acids is 1. The van der Waals surface area contributed by atoms with Crippen molar-refractivity contribution in [3.05, 3.63) is 40.9 Å². The fourth-order valence-electron chi connectivity index (χ4n) is 2.94. The van der Waals surface area contributed by atoms with Crippen LogP contribution in [0.4, 0.5) is 0 Å². The van der Waals surface area contributed by atoms with Crippen molar-refractivity contribution in [2.75, 3.05) is 0 Å². The second-order valence-electron chi connectivity index (χ2n) is 6.30. The van der Waals surface area contributed by atoms with Gasteiger partial charge in [0, 0.05) is 11.4 Å². The van der Waals surface area contributed by atoms with Gasteiger partial charge in [-0.2, -0.15) is 10.2 Å². The highest BCUT2D eigenvalue weighted by atomic mass is 32.1. The maximum absolute atomic E-state index is 12.7. The molecule has 3 aromatic rings. The second-order valence-corrected chi connectivity index (χ2v) is 7.59. The number of amides is 1. The summed E-state index contributed by atoms with van der Waals surface area (Å²) in [5, 5.41) is 14.5. The summed E-state index contributed by atoms with van der Waals surface area (Å²) < 4.78 is 1.84. The molecule has 0 bridgehead atoms. The molecule has 1 atom stereocenters. The third-order valence-corrected chi connectivity index (χ3v) is 5.45. The van der Waals surface area contributed by atoms with E-state index >= 15 is 0 Å². The summed E-state index contributed by atoms with van der Waals surface area (Å²) in [7, 11) is 0. The highest BCUT2D eigenvalue weighted by Crippen LogP contribution is 2.40. The number of thiophene rings is 1. The van der Waals surface area contributed by atoms with Gasteiger partial charge in [-0.15, -0.1) is 11.3 Å². The highest BCUT2D eigenvalue weighted by molar-refractivity contribution is 7.15. The number of aromatic amines is 1. The summed E-state index contributed by atoms with van der Waals surface area (Å²) in [5.41, 5.74) is 1.26. The van der Waals surface area contributed by atoms with E-state index in [2.05, 4.69) is 38.6 Å². The van der Waals surface area contributed by atoms with E-state index in [4.69, 9.17) is 0 Å². The van der Waals surface area contributed by atoms with Gasteiger partial charge in [-0.1, -0.05) is 0 Å². The molecule has 25 heavy (non-hydrogen) atoms. The minimum atomic E-state index is -0.182. The lowest BCUT2D eigenvalue weighted by atomic mass is 10.1. The molecule has 130 valence electrons. The smallest absolute Gasteiger partial charge is 0.272 e. The van der Waals surface area contributed by atoms with Crippen molar-refractivity contribution in [3.8, 4) is 10.6 Å². The summed E-state index contributed by atoms with van der Waals surface area (Å²) in [6.07, 6.45) is 3.75. The Balaban J connectivity index is 1.53. The van der Waals surface area contributed by atoms with Gasteiger partial charge >= 0.3 is 0 Å². The van der Waals surface area contributed by atoms with E-state index in [1.807, 2.05) is 17.7 Å². The van der Waals surface area contributed by atoms with Crippen molar-refractivity contribution in [3.63, 3.8) is 0 Å². The molecule has 1 saturated carbocycles. The molecule has 0 unspecified atom stereocenters. The zero-order valence-corrected chi connectivity index (χ0v) is 15.0. The van der Waals surface area contributed by atoms with E-state index in [0.29, 0.717) is 11.6 Å². The highest BCUT2D eigenvalue weighted by Gasteiger charge is 2.36. The minimum Gasteiger partial charge on any atom is -0.340 e. The molecule has 3 aromatic heterocycles. The lowest BCUT2D eigenvalue weighted by molar-refractivity contribution is 0.0923. The van der Waals surface area contributed by atoms with Crippen LogP contribution in [0.5, 0.6) is 0 Å². The monoisotopic (exact) mass is 356 g/mol. The number of carbonyl (C=O) groups is 1. The molecule has 3 heterocycles. The van der Waals surface area contributed by atoms with E-state index in [1.165, 1.54) is 4.88 Å². The van der Waals surface area contributed by atoms with E-state index < -0.39 is 0 Å². The number of aryl methyl sites for hydroxylation is 2. The summed E-state index contributed by atoms with van der Waals surface area (Å²) in [6, 6.07) is 5.78. The van der Waals surface area contributed by atoms with E-state index in [9.17, 15) is 4.79 Å². The van der Waals surface area contributed by atoms with Gasteiger partial charge in [-0.25, -0.2) is 9.67 Å². The first-order valence-electron chi connectivity index (χ1n) is 8.46. The molecule has 1 aliphatic rings. The number of hydrogen-bond acceptors (Lipinski definition) is 5. The van der Waals surface area contributed by atoms with Gasteiger partial charge in [0.05, 0.1) is 16.6 Å². The maximum atomic E-state index is 12.7. The van der Waals surface area contributed by atoms with Crippen LogP contribution in [0.15, 0.2) is 24.5 Å². The summed E-state index contributed by atoms with van der Waals surface area (Å²) in [4.78, 5) is 19.3. The Morgan fingerprint density at radius 3 is 3.00 bits per heavy atom. The van der Waals surface area contributed by atoms with Gasteiger partial charge in [0.15, 0.2) is 5.69 Å². The van der Waals surface area contributed by atoms with Gasteiger partial charge in [0.1, 0.15) is 12.2 Å². The second kappa shape index (κ2) is 6.44. The van der Waals surface area contributed by atoms with Crippen LogP contribution in [0, 0.1) is 12.8 Å². The van der Waals surface area contributed by atoms with Crippen LogP contribution in [-0.2, 0) is 6.54 Å². The number of aromatic nitrogens is 5. The average molecular weight is 356 g/mol. The van der Waals surface area contributed by atoms with E-state index in [1.54, 1.807) is 23.7 Å². The molecular weight excluding hydrogens is 336 g/mol. The van der Waals surface area contributed by atoms with Crippen LogP contribution in [0.2, 0.25) is 0 Å². The topological polar surface area (TPSA) is 88.5 Å². The van der Waals surface area contributed by atoms with Crippen LogP contribution in [0.3, 0.4) is 0 Å². The van der Waals surface area contributed by atoms with Crippen LogP contribution < -0.4 is 5.32 Å². The normalized spacial score (nSPS) is 15.3. The van der Waals surface area contributed by atoms with Crippen LogP contribution in [0.25, 0.3) is 10.6 Å². The lowest BCUT2D eigenvalue weighted by Crippen LogP contribution is -2.32. The number of hydrogen-bond donors (Lipinski definition) is 2. The van der Waals surface area contributed by atoms with Crippen molar-refractivity contribution >= 4 is 17.2 Å². The lowest BCUT2D eigenvalue weighted by Gasteiger charge is -2.17. The van der Waals surface area contributed by atoms with E-state index in [0.717, 1.165) is 35.8 Å². The summed E-state index contributed by atoms with van der Waals surface area (Å²) >= 11 is 1.67. The largest absolute Gasteiger partial charge is 0.340 e. The molecule has 8 heteroatoms. The van der Waals surface area contributed by atoms with Crippen molar-refractivity contribution in [2.24, 2.45) is 5.92 Å². The Morgan fingerprint density at radius 1 is 1.48 bits per heavy atom. The molecule has 1 amide bonds. The Morgan fingerprint density at radius 2 is 2.32 bits per heavy atom. The average Bonchev–Trinajstić information content (AvgIpc) is 3.03. The van der Waals surface area contributed by atoms with Gasteiger partial charge in [0.2, 0.25) is 0 Å². The quantitative estimate of drug-likeness (QED) is 0.711. The number of nitrogens with one attached hydrogen (secondary N) is 2. The van der Waals surface area contributed by atoms with Crippen molar-refractivity contribution < 1.29 is 4.79 Å². The molecule has 0 aromatic carbocycles. The number of H-pyrrole nitrogens is 1. The predicted octanol–water partition coefficient (Wildman–Crippen LogP) is 2.94. The van der Waals surface area contributed by atoms with Gasteiger partial charge in [0.25, 0.3) is 5.91 Å². The fourth-order valence-corrected chi connectivity index (χ4v) is 3.77. The number of rotatable bonds is 6. The van der Waals surface area contributed by atoms with Crippen LogP contribution in [-0.4, -0.2) is 30.9 Å². The molecule has 1 fully saturated rings. The van der Waals surface area contributed by atoms with Gasteiger partial charge < -0.3 is 5.32 Å². The zero-order valence-electron chi connectivity index (χ0n) is 14.2. The van der Waals surface area contributed by atoms with Gasteiger partial charge in [-0.3, -0.25) is 9.89 Å². The molecular formula is C17H20N6OS. The predicted molar refractivity (Wildman–Crippen MR) is 95.3 cm³/mol. The standard InChI is InChI=1S/C17H20N6OS/c1-3-23-16(18-9-19-23)15(11-5-6-11)20-17(24)13-8-12(21-22-13)14-7-4-10(2)25-14/h4,7-9,11,15H,3,5-6H2,1-2H3,(H,20,24)(H,21,22)/t15-/m1/s1. The third-order valence-electron chi connectivity index (χ3n) is 4.42. The van der Waals surface area contributed by atoms with Gasteiger partial charge in [-0.05, 0) is 50.8 Å². The molecule has 2 N–H and O–H groups in total. The molecule has 0 saturated heterocycles. The van der Waals surface area contributed by atoms with E-state index in [-0.39, 0.29) is 11.9 Å². The Kier molecular flexibility index (Phi) is 4.12. The van der Waals surface area contributed by atoms with Crippen LogP contribution >= 0.6 is 11.3 Å². The molecule has 0 radical (unpaired) electrons. The Hall–Kier alpha value is -2.48. The minimum absolute atomic E-state index is 0.112. The molecule has 1 aliphatic carbocycles. The molecule has 0 spiro atoms. The van der Waals surface area contributed by atoms with Crippen LogP contribution in [0.1, 0.15) is 47.0 Å². The van der Waals surface area contributed by atoms with Crippen molar-refractivity contribution in [2.45, 2.75) is 39.3 Å². The summed E-state index contributed by atoms with van der Waals surface area (Å²) in [6.45, 7) is 4.81. The molecule has 7 nitrogen and oxygen atoms in total. The first kappa shape index (κ1) is 16.0. The number of nitrogens with zero attached hydrogens (tertiary/aromatic N) is 4. The van der Waals surface area contributed by atoms with Crippen molar-refractivity contribution in [1.29, 1.82) is 0 Å². The Bertz CT molecular complexity index is 890. The third kappa shape index (κ3) is 3.21. The Labute approximate surface area is 149 Å².